The molecular formula is C25H35N3O3. The third kappa shape index (κ3) is 5.28. The molecule has 3 N–H and O–H groups in total. The van der Waals surface area contributed by atoms with Crippen LogP contribution in [0.4, 0.5) is 5.69 Å². The van der Waals surface area contributed by atoms with Crippen molar-refractivity contribution in [2.45, 2.75) is 71.3 Å². The Labute approximate surface area is 184 Å². The molecule has 4 aliphatic carbocycles. The number of nitrogens with one attached hydrogen (secondary N) is 3. The van der Waals surface area contributed by atoms with Crippen LogP contribution in [0.15, 0.2) is 24.3 Å². The minimum Gasteiger partial charge on any atom is -0.355 e. The Balaban J connectivity index is 1.20. The standard InChI is InChI=1S/C25H35N3O3/c1-16(2)27-23(30)12-17-3-5-21(6-4-17)28-22(29)7-8-26-24(31)25-13-18-9-19(14-25)11-20(10-18)15-25/h3-6,16,18-20H,7-15H2,1-2H3,(H,26,31)(H,27,30)(H,28,29). The molecule has 168 valence electrons. The summed E-state index contributed by atoms with van der Waals surface area (Å²) in [6.45, 7) is 4.24. The Hall–Kier alpha value is -2.37. The molecule has 4 bridgehead atoms. The summed E-state index contributed by atoms with van der Waals surface area (Å²) in [6.07, 6.45) is 7.65. The predicted molar refractivity (Wildman–Crippen MR) is 120 cm³/mol. The van der Waals surface area contributed by atoms with E-state index in [9.17, 15) is 14.4 Å². The number of benzene rings is 1. The molecule has 1 aromatic carbocycles. The highest BCUT2D eigenvalue weighted by atomic mass is 16.2. The van der Waals surface area contributed by atoms with Crippen LogP contribution in [0.3, 0.4) is 0 Å². The summed E-state index contributed by atoms with van der Waals surface area (Å²) < 4.78 is 0. The number of hydrogen-bond acceptors (Lipinski definition) is 3. The van der Waals surface area contributed by atoms with Gasteiger partial charge in [0.05, 0.1) is 6.42 Å². The van der Waals surface area contributed by atoms with Gasteiger partial charge in [-0.3, -0.25) is 14.4 Å². The second kappa shape index (κ2) is 9.01. The highest BCUT2D eigenvalue weighted by Gasteiger charge is 2.54. The number of rotatable bonds is 8. The molecule has 0 spiro atoms. The lowest BCUT2D eigenvalue weighted by Crippen LogP contribution is -2.53. The first-order chi connectivity index (χ1) is 14.8. The molecule has 0 saturated heterocycles. The molecule has 3 amide bonds. The fourth-order valence-corrected chi connectivity index (χ4v) is 6.35. The smallest absolute Gasteiger partial charge is 0.226 e. The molecular weight excluding hydrogens is 390 g/mol. The van der Waals surface area contributed by atoms with E-state index >= 15 is 0 Å². The minimum atomic E-state index is -0.164. The lowest BCUT2D eigenvalue weighted by Gasteiger charge is -2.55. The third-order valence-electron chi connectivity index (χ3n) is 7.21. The lowest BCUT2D eigenvalue weighted by atomic mass is 9.49. The van der Waals surface area contributed by atoms with Crippen LogP contribution in [-0.4, -0.2) is 30.3 Å². The van der Waals surface area contributed by atoms with Crippen LogP contribution in [0.1, 0.15) is 64.4 Å². The molecule has 4 aliphatic rings. The van der Waals surface area contributed by atoms with E-state index in [1.165, 1.54) is 19.3 Å². The fourth-order valence-electron chi connectivity index (χ4n) is 6.35. The summed E-state index contributed by atoms with van der Waals surface area (Å²) in [7, 11) is 0. The van der Waals surface area contributed by atoms with Crippen molar-refractivity contribution in [1.82, 2.24) is 10.6 Å². The number of anilines is 1. The summed E-state index contributed by atoms with van der Waals surface area (Å²) in [4.78, 5) is 37.1. The van der Waals surface area contributed by atoms with Gasteiger partial charge in [-0.2, -0.15) is 0 Å². The highest BCUT2D eigenvalue weighted by Crippen LogP contribution is 2.60. The Morgan fingerprint density at radius 1 is 0.935 bits per heavy atom. The maximum atomic E-state index is 13.0. The summed E-state index contributed by atoms with van der Waals surface area (Å²) in [5.41, 5.74) is 1.44. The summed E-state index contributed by atoms with van der Waals surface area (Å²) in [5, 5.41) is 8.80. The molecule has 6 nitrogen and oxygen atoms in total. The monoisotopic (exact) mass is 425 g/mol. The van der Waals surface area contributed by atoms with Gasteiger partial charge in [0.15, 0.2) is 0 Å². The number of hydrogen-bond donors (Lipinski definition) is 3. The summed E-state index contributed by atoms with van der Waals surface area (Å²) in [6, 6.07) is 7.44. The number of carbonyl (C=O) groups is 3. The van der Waals surface area contributed by atoms with Crippen LogP contribution in [0.2, 0.25) is 0 Å². The number of amides is 3. The van der Waals surface area contributed by atoms with Gasteiger partial charge in [0, 0.05) is 30.1 Å². The first-order valence-electron chi connectivity index (χ1n) is 11.8. The zero-order chi connectivity index (χ0) is 22.0. The van der Waals surface area contributed by atoms with Crippen LogP contribution in [-0.2, 0) is 20.8 Å². The van der Waals surface area contributed by atoms with E-state index < -0.39 is 0 Å². The van der Waals surface area contributed by atoms with Crippen molar-refractivity contribution in [3.8, 4) is 0 Å². The van der Waals surface area contributed by atoms with Crippen molar-refractivity contribution in [2.75, 3.05) is 11.9 Å². The Kier molecular flexibility index (Phi) is 6.35. The molecule has 31 heavy (non-hydrogen) atoms. The van der Waals surface area contributed by atoms with Gasteiger partial charge in [0.1, 0.15) is 0 Å². The van der Waals surface area contributed by atoms with Crippen molar-refractivity contribution in [1.29, 1.82) is 0 Å². The van der Waals surface area contributed by atoms with E-state index in [1.807, 2.05) is 38.1 Å². The second-order valence-electron chi connectivity index (χ2n) is 10.3. The maximum Gasteiger partial charge on any atom is 0.226 e. The average Bonchev–Trinajstić information content (AvgIpc) is 2.67. The Bertz CT molecular complexity index is 796. The Morgan fingerprint density at radius 2 is 1.52 bits per heavy atom. The van der Waals surface area contributed by atoms with Crippen molar-refractivity contribution in [2.24, 2.45) is 23.2 Å². The van der Waals surface area contributed by atoms with E-state index in [2.05, 4.69) is 16.0 Å². The zero-order valence-electron chi connectivity index (χ0n) is 18.7. The van der Waals surface area contributed by atoms with Gasteiger partial charge in [-0.25, -0.2) is 0 Å². The molecule has 0 aromatic heterocycles. The van der Waals surface area contributed by atoms with E-state index in [0.29, 0.717) is 18.7 Å². The molecule has 5 rings (SSSR count). The molecule has 4 saturated carbocycles. The van der Waals surface area contributed by atoms with Crippen LogP contribution in [0, 0.1) is 23.2 Å². The zero-order valence-corrected chi connectivity index (χ0v) is 18.7. The molecule has 6 heteroatoms. The van der Waals surface area contributed by atoms with E-state index in [0.717, 1.165) is 42.6 Å². The van der Waals surface area contributed by atoms with Gasteiger partial charge in [-0.15, -0.1) is 0 Å². The van der Waals surface area contributed by atoms with Gasteiger partial charge in [0.2, 0.25) is 17.7 Å². The lowest BCUT2D eigenvalue weighted by molar-refractivity contribution is -0.146. The second-order valence-corrected chi connectivity index (χ2v) is 10.3. The molecule has 0 atom stereocenters. The molecule has 0 heterocycles. The summed E-state index contributed by atoms with van der Waals surface area (Å²) in [5.74, 6) is 2.25. The topological polar surface area (TPSA) is 87.3 Å². The van der Waals surface area contributed by atoms with Gasteiger partial charge in [-0.05, 0) is 87.8 Å². The van der Waals surface area contributed by atoms with Gasteiger partial charge >= 0.3 is 0 Å². The minimum absolute atomic E-state index is 0.0125. The van der Waals surface area contributed by atoms with Gasteiger partial charge in [-0.1, -0.05) is 12.1 Å². The maximum absolute atomic E-state index is 13.0. The molecule has 0 aliphatic heterocycles. The van der Waals surface area contributed by atoms with Gasteiger partial charge in [0.25, 0.3) is 0 Å². The largest absolute Gasteiger partial charge is 0.355 e. The summed E-state index contributed by atoms with van der Waals surface area (Å²) >= 11 is 0. The highest BCUT2D eigenvalue weighted by molar-refractivity contribution is 5.91. The quantitative estimate of drug-likeness (QED) is 0.596. The first kappa shape index (κ1) is 21.8. The third-order valence-corrected chi connectivity index (χ3v) is 7.21. The molecule has 0 unspecified atom stereocenters. The van der Waals surface area contributed by atoms with Crippen molar-refractivity contribution >= 4 is 23.4 Å². The number of carbonyl (C=O) groups excluding carboxylic acids is 3. The van der Waals surface area contributed by atoms with Crippen LogP contribution in [0.5, 0.6) is 0 Å². The SMILES string of the molecule is CC(C)NC(=O)Cc1ccc(NC(=O)CCNC(=O)C23CC4CC(CC(C4)C2)C3)cc1. The Morgan fingerprint density at radius 3 is 2.06 bits per heavy atom. The van der Waals surface area contributed by atoms with Crippen molar-refractivity contribution in [3.63, 3.8) is 0 Å². The fraction of sp³-hybridized carbons (Fsp3) is 0.640. The normalized spacial score (nSPS) is 28.4. The molecule has 1 aromatic rings. The van der Waals surface area contributed by atoms with Crippen LogP contribution < -0.4 is 16.0 Å². The first-order valence-corrected chi connectivity index (χ1v) is 11.8. The van der Waals surface area contributed by atoms with E-state index in [4.69, 9.17) is 0 Å². The average molecular weight is 426 g/mol. The van der Waals surface area contributed by atoms with E-state index in [1.54, 1.807) is 0 Å². The predicted octanol–water partition coefficient (Wildman–Crippen LogP) is 3.41. The van der Waals surface area contributed by atoms with E-state index in [-0.39, 0.29) is 35.6 Å². The van der Waals surface area contributed by atoms with Crippen molar-refractivity contribution in [3.05, 3.63) is 29.8 Å². The molecule has 4 fully saturated rings. The van der Waals surface area contributed by atoms with Crippen LogP contribution in [0.25, 0.3) is 0 Å². The van der Waals surface area contributed by atoms with Crippen LogP contribution >= 0.6 is 0 Å². The van der Waals surface area contributed by atoms with Gasteiger partial charge < -0.3 is 16.0 Å². The van der Waals surface area contributed by atoms with Crippen molar-refractivity contribution < 1.29 is 14.4 Å². The molecule has 0 radical (unpaired) electrons.